The molecular weight excluding hydrogens is 290 g/mol. The van der Waals surface area contributed by atoms with E-state index in [1.807, 2.05) is 13.0 Å². The maximum Gasteiger partial charge on any atom is 0.309 e. The summed E-state index contributed by atoms with van der Waals surface area (Å²) < 4.78 is 5.07. The number of anilines is 1. The first-order valence-electron chi connectivity index (χ1n) is 6.94. The number of hydrogen-bond acceptors (Lipinski definition) is 3. The van der Waals surface area contributed by atoms with Crippen molar-refractivity contribution in [3.8, 4) is 0 Å². The highest BCUT2D eigenvalue weighted by molar-refractivity contribution is 6.30. The van der Waals surface area contributed by atoms with Gasteiger partial charge in [-0.05, 0) is 49.9 Å². The van der Waals surface area contributed by atoms with Crippen molar-refractivity contribution in [1.82, 2.24) is 0 Å². The summed E-state index contributed by atoms with van der Waals surface area (Å²) in [7, 11) is 0. The number of nitrogens with one attached hydrogen (secondary N) is 1. The second kappa shape index (κ2) is 7.27. The van der Waals surface area contributed by atoms with Crippen LogP contribution in [0, 0.1) is 12.8 Å². The van der Waals surface area contributed by atoms with E-state index in [0.717, 1.165) is 18.4 Å². The fraction of sp³-hybridized carbons (Fsp3) is 0.375. The Balaban J connectivity index is 1.81. The molecule has 0 heterocycles. The fourth-order valence-corrected chi connectivity index (χ4v) is 2.44. The molecule has 1 aromatic carbocycles. The SMILES string of the molecule is Cc1cc(Cl)ccc1NC(=O)COC(=O)[C@@H]1CC=CCC1. The summed E-state index contributed by atoms with van der Waals surface area (Å²) in [6.07, 6.45) is 6.40. The van der Waals surface area contributed by atoms with Crippen LogP contribution in [0.15, 0.2) is 30.4 Å². The average molecular weight is 308 g/mol. The molecule has 1 aliphatic rings. The van der Waals surface area contributed by atoms with E-state index in [1.54, 1.807) is 18.2 Å². The number of benzene rings is 1. The predicted molar refractivity (Wildman–Crippen MR) is 82.3 cm³/mol. The van der Waals surface area contributed by atoms with Gasteiger partial charge in [-0.15, -0.1) is 0 Å². The molecular formula is C16H18ClNO3. The van der Waals surface area contributed by atoms with Gasteiger partial charge in [-0.2, -0.15) is 0 Å². The smallest absolute Gasteiger partial charge is 0.309 e. The Morgan fingerprint density at radius 1 is 1.38 bits per heavy atom. The van der Waals surface area contributed by atoms with Crippen LogP contribution in [0.1, 0.15) is 24.8 Å². The first-order chi connectivity index (χ1) is 10.1. The molecule has 1 atom stereocenters. The normalized spacial score (nSPS) is 17.3. The molecule has 0 spiro atoms. The van der Waals surface area contributed by atoms with E-state index in [9.17, 15) is 9.59 Å². The van der Waals surface area contributed by atoms with E-state index >= 15 is 0 Å². The summed E-state index contributed by atoms with van der Waals surface area (Å²) >= 11 is 5.85. The lowest BCUT2D eigenvalue weighted by atomic mass is 9.95. The second-order valence-electron chi connectivity index (χ2n) is 5.10. The minimum absolute atomic E-state index is 0.125. The van der Waals surface area contributed by atoms with Gasteiger partial charge in [-0.25, -0.2) is 0 Å². The molecule has 0 radical (unpaired) electrons. The minimum Gasteiger partial charge on any atom is -0.455 e. The molecule has 1 N–H and O–H groups in total. The molecule has 4 nitrogen and oxygen atoms in total. The van der Waals surface area contributed by atoms with Gasteiger partial charge in [0.15, 0.2) is 6.61 Å². The van der Waals surface area contributed by atoms with Gasteiger partial charge in [0.1, 0.15) is 0 Å². The van der Waals surface area contributed by atoms with Crippen molar-refractivity contribution in [2.45, 2.75) is 26.2 Å². The summed E-state index contributed by atoms with van der Waals surface area (Å²) in [4.78, 5) is 23.6. The zero-order valence-electron chi connectivity index (χ0n) is 11.9. The van der Waals surface area contributed by atoms with Gasteiger partial charge in [0.2, 0.25) is 0 Å². The minimum atomic E-state index is -0.347. The van der Waals surface area contributed by atoms with Crippen molar-refractivity contribution in [3.63, 3.8) is 0 Å². The van der Waals surface area contributed by atoms with Crippen molar-refractivity contribution in [2.24, 2.45) is 5.92 Å². The highest BCUT2D eigenvalue weighted by atomic mass is 35.5. The summed E-state index contributed by atoms with van der Waals surface area (Å²) in [5.74, 6) is -0.775. The molecule has 21 heavy (non-hydrogen) atoms. The Labute approximate surface area is 129 Å². The van der Waals surface area contributed by atoms with Crippen LogP contribution in [0.5, 0.6) is 0 Å². The van der Waals surface area contributed by atoms with Gasteiger partial charge >= 0.3 is 5.97 Å². The number of rotatable bonds is 4. The zero-order chi connectivity index (χ0) is 15.2. The number of hydrogen-bond donors (Lipinski definition) is 1. The molecule has 2 rings (SSSR count). The molecule has 0 unspecified atom stereocenters. The Bertz CT molecular complexity index is 569. The molecule has 0 fully saturated rings. The Hall–Kier alpha value is -1.81. The molecule has 0 saturated carbocycles. The van der Waals surface area contributed by atoms with E-state index in [2.05, 4.69) is 11.4 Å². The molecule has 112 valence electrons. The van der Waals surface area contributed by atoms with Crippen LogP contribution in [0.25, 0.3) is 0 Å². The fourth-order valence-electron chi connectivity index (χ4n) is 2.22. The summed E-state index contributed by atoms with van der Waals surface area (Å²) in [6.45, 7) is 1.59. The van der Waals surface area contributed by atoms with Crippen molar-refractivity contribution >= 4 is 29.2 Å². The maximum atomic E-state index is 11.8. The van der Waals surface area contributed by atoms with Crippen LogP contribution in [0.2, 0.25) is 5.02 Å². The summed E-state index contributed by atoms with van der Waals surface area (Å²) in [6, 6.07) is 5.19. The Morgan fingerprint density at radius 2 is 2.19 bits per heavy atom. The number of halogens is 1. The van der Waals surface area contributed by atoms with Crippen molar-refractivity contribution in [2.75, 3.05) is 11.9 Å². The molecule has 1 amide bonds. The van der Waals surface area contributed by atoms with E-state index < -0.39 is 0 Å². The van der Waals surface area contributed by atoms with Crippen LogP contribution in [0.4, 0.5) is 5.69 Å². The van der Waals surface area contributed by atoms with Crippen molar-refractivity contribution in [3.05, 3.63) is 40.9 Å². The highest BCUT2D eigenvalue weighted by Crippen LogP contribution is 2.20. The van der Waals surface area contributed by atoms with Crippen LogP contribution in [-0.2, 0) is 14.3 Å². The standard InChI is InChI=1S/C16H18ClNO3/c1-11-9-13(17)7-8-14(11)18-15(19)10-21-16(20)12-5-3-2-4-6-12/h2-3,7-9,12H,4-6,10H2,1H3,(H,18,19)/t12-/m1/s1. The third kappa shape index (κ3) is 4.60. The molecule has 0 bridgehead atoms. The first kappa shape index (κ1) is 15.6. The van der Waals surface area contributed by atoms with Crippen LogP contribution >= 0.6 is 11.6 Å². The average Bonchev–Trinajstić information content (AvgIpc) is 2.48. The van der Waals surface area contributed by atoms with Crippen molar-refractivity contribution in [1.29, 1.82) is 0 Å². The van der Waals surface area contributed by atoms with Gasteiger partial charge in [-0.3, -0.25) is 9.59 Å². The number of amides is 1. The maximum absolute atomic E-state index is 11.8. The van der Waals surface area contributed by atoms with E-state index in [4.69, 9.17) is 16.3 Å². The first-order valence-corrected chi connectivity index (χ1v) is 7.31. The van der Waals surface area contributed by atoms with Gasteiger partial charge in [0, 0.05) is 10.7 Å². The predicted octanol–water partition coefficient (Wildman–Crippen LogP) is 3.49. The summed E-state index contributed by atoms with van der Waals surface area (Å²) in [5, 5.41) is 3.32. The Morgan fingerprint density at radius 3 is 2.86 bits per heavy atom. The van der Waals surface area contributed by atoms with Crippen molar-refractivity contribution < 1.29 is 14.3 Å². The van der Waals surface area contributed by atoms with Gasteiger partial charge in [0.05, 0.1) is 5.92 Å². The van der Waals surface area contributed by atoms with Crippen LogP contribution in [0.3, 0.4) is 0 Å². The third-order valence-electron chi connectivity index (χ3n) is 3.41. The van der Waals surface area contributed by atoms with E-state index in [1.165, 1.54) is 0 Å². The van der Waals surface area contributed by atoms with Gasteiger partial charge in [-0.1, -0.05) is 23.8 Å². The number of ether oxygens (including phenoxy) is 1. The summed E-state index contributed by atoms with van der Waals surface area (Å²) in [5.41, 5.74) is 1.53. The second-order valence-corrected chi connectivity index (χ2v) is 5.53. The monoisotopic (exact) mass is 307 g/mol. The molecule has 0 saturated heterocycles. The number of carbonyl (C=O) groups is 2. The Kier molecular flexibility index (Phi) is 5.39. The zero-order valence-corrected chi connectivity index (χ0v) is 12.7. The lowest BCUT2D eigenvalue weighted by Crippen LogP contribution is -2.25. The topological polar surface area (TPSA) is 55.4 Å². The van der Waals surface area contributed by atoms with Crippen LogP contribution in [-0.4, -0.2) is 18.5 Å². The molecule has 1 aromatic rings. The quantitative estimate of drug-likeness (QED) is 0.684. The van der Waals surface area contributed by atoms with E-state index in [0.29, 0.717) is 17.1 Å². The lowest BCUT2D eigenvalue weighted by Gasteiger charge is -2.16. The number of aryl methyl sites for hydroxylation is 1. The molecule has 0 aliphatic heterocycles. The molecule has 5 heteroatoms. The van der Waals surface area contributed by atoms with Crippen LogP contribution < -0.4 is 5.32 Å². The molecule has 0 aromatic heterocycles. The van der Waals surface area contributed by atoms with E-state index in [-0.39, 0.29) is 24.4 Å². The largest absolute Gasteiger partial charge is 0.455 e. The highest BCUT2D eigenvalue weighted by Gasteiger charge is 2.21. The van der Waals surface area contributed by atoms with Gasteiger partial charge < -0.3 is 10.1 Å². The third-order valence-corrected chi connectivity index (χ3v) is 3.65. The molecule has 1 aliphatic carbocycles. The lowest BCUT2D eigenvalue weighted by molar-refractivity contribution is -0.151. The number of carbonyl (C=O) groups excluding carboxylic acids is 2. The number of esters is 1. The van der Waals surface area contributed by atoms with Gasteiger partial charge in [0.25, 0.3) is 5.91 Å². The number of allylic oxidation sites excluding steroid dienone is 2.